The first-order chi connectivity index (χ1) is 7.72. The Balaban J connectivity index is 2.47. The van der Waals surface area contributed by atoms with Crippen LogP contribution in [0.3, 0.4) is 0 Å². The van der Waals surface area contributed by atoms with E-state index in [0.29, 0.717) is 10.8 Å². The van der Waals surface area contributed by atoms with Gasteiger partial charge in [0.15, 0.2) is 5.82 Å². The van der Waals surface area contributed by atoms with Gasteiger partial charge >= 0.3 is 0 Å². The monoisotopic (exact) mass is 236 g/mol. The molecule has 0 saturated heterocycles. The van der Waals surface area contributed by atoms with Gasteiger partial charge in [-0.1, -0.05) is 36.2 Å². The molecule has 0 radical (unpaired) electrons. The van der Waals surface area contributed by atoms with Crippen LogP contribution in [-0.4, -0.2) is 15.0 Å². The molecule has 2 N–H and O–H groups in total. The maximum Gasteiger partial charge on any atom is 0.169 e. The van der Waals surface area contributed by atoms with Crippen molar-refractivity contribution in [2.24, 2.45) is 0 Å². The molecule has 0 amide bonds. The number of aromatic nitrogens is 3. The smallest absolute Gasteiger partial charge is 0.169 e. The number of nitrogen functional groups attached to an aromatic ring is 1. The van der Waals surface area contributed by atoms with Crippen LogP contribution in [0.5, 0.6) is 0 Å². The van der Waals surface area contributed by atoms with Gasteiger partial charge in [0.1, 0.15) is 0 Å². The summed E-state index contributed by atoms with van der Waals surface area (Å²) in [4.78, 5) is 0. The van der Waals surface area contributed by atoms with Crippen LogP contribution in [0.2, 0.25) is 5.02 Å². The van der Waals surface area contributed by atoms with Crippen molar-refractivity contribution < 1.29 is 0 Å². The van der Waals surface area contributed by atoms with E-state index in [-0.39, 0.29) is 0 Å². The summed E-state index contributed by atoms with van der Waals surface area (Å²) in [6.45, 7) is 2.09. The Morgan fingerprint density at radius 2 is 2.25 bits per heavy atom. The second kappa shape index (κ2) is 4.53. The van der Waals surface area contributed by atoms with Gasteiger partial charge < -0.3 is 5.73 Å². The molecule has 0 aliphatic carbocycles. The third kappa shape index (κ3) is 2.02. The molecule has 4 nitrogen and oxygen atoms in total. The van der Waals surface area contributed by atoms with Crippen LogP contribution in [0.15, 0.2) is 24.3 Å². The molecule has 0 atom stereocenters. The zero-order chi connectivity index (χ0) is 11.5. The minimum atomic E-state index is 0.488. The maximum absolute atomic E-state index is 5.94. The average molecular weight is 237 g/mol. The van der Waals surface area contributed by atoms with Crippen LogP contribution in [0.4, 0.5) is 5.82 Å². The molecule has 0 aliphatic heterocycles. The molecule has 84 valence electrons. The Bertz CT molecular complexity index is 492. The Kier molecular flexibility index (Phi) is 3.10. The number of benzene rings is 1. The van der Waals surface area contributed by atoms with Crippen molar-refractivity contribution in [3.63, 3.8) is 0 Å². The van der Waals surface area contributed by atoms with Crippen LogP contribution in [0, 0.1) is 0 Å². The van der Waals surface area contributed by atoms with Crippen LogP contribution < -0.4 is 5.73 Å². The highest BCUT2D eigenvalue weighted by Crippen LogP contribution is 2.18. The molecule has 0 fully saturated rings. The molecule has 0 bridgehead atoms. The SMILES string of the molecule is CCCc1c(N)nnn1-c1cccc(Cl)c1. The largest absolute Gasteiger partial charge is 0.381 e. The fraction of sp³-hybridized carbons (Fsp3) is 0.273. The first kappa shape index (κ1) is 11.0. The Morgan fingerprint density at radius 3 is 2.94 bits per heavy atom. The van der Waals surface area contributed by atoms with E-state index in [2.05, 4.69) is 17.2 Å². The quantitative estimate of drug-likeness (QED) is 0.891. The predicted molar refractivity (Wildman–Crippen MR) is 64.8 cm³/mol. The summed E-state index contributed by atoms with van der Waals surface area (Å²) in [6, 6.07) is 7.48. The molecule has 16 heavy (non-hydrogen) atoms. The molecule has 0 aliphatic rings. The van der Waals surface area contributed by atoms with Gasteiger partial charge in [-0.25, -0.2) is 4.68 Å². The second-order valence-corrected chi connectivity index (χ2v) is 4.00. The summed E-state index contributed by atoms with van der Waals surface area (Å²) < 4.78 is 1.74. The molecule has 0 unspecified atom stereocenters. The van der Waals surface area contributed by atoms with E-state index in [4.69, 9.17) is 17.3 Å². The minimum absolute atomic E-state index is 0.488. The van der Waals surface area contributed by atoms with Gasteiger partial charge in [-0.05, 0) is 24.6 Å². The van der Waals surface area contributed by atoms with Crippen molar-refractivity contribution in [3.05, 3.63) is 35.0 Å². The van der Waals surface area contributed by atoms with Gasteiger partial charge in [0.25, 0.3) is 0 Å². The average Bonchev–Trinajstić information content (AvgIpc) is 2.61. The molecule has 1 heterocycles. The molecule has 0 spiro atoms. The summed E-state index contributed by atoms with van der Waals surface area (Å²) in [6.07, 6.45) is 1.85. The third-order valence-corrected chi connectivity index (χ3v) is 2.57. The molecule has 2 rings (SSSR count). The second-order valence-electron chi connectivity index (χ2n) is 3.56. The van der Waals surface area contributed by atoms with E-state index < -0.39 is 0 Å². The lowest BCUT2D eigenvalue weighted by molar-refractivity contribution is 0.746. The minimum Gasteiger partial charge on any atom is -0.381 e. The standard InChI is InChI=1S/C11H13ClN4/c1-2-4-10-11(13)14-15-16(10)9-6-3-5-8(12)7-9/h3,5-7H,2,4,13H2,1H3. The first-order valence-electron chi connectivity index (χ1n) is 5.18. The lowest BCUT2D eigenvalue weighted by Gasteiger charge is -2.05. The maximum atomic E-state index is 5.94. The predicted octanol–water partition coefficient (Wildman–Crippen LogP) is 2.46. The number of nitrogens with zero attached hydrogens (tertiary/aromatic N) is 3. The van der Waals surface area contributed by atoms with Crippen molar-refractivity contribution in [3.8, 4) is 5.69 Å². The highest BCUT2D eigenvalue weighted by molar-refractivity contribution is 6.30. The van der Waals surface area contributed by atoms with Gasteiger partial charge in [0.05, 0.1) is 11.4 Å². The van der Waals surface area contributed by atoms with Gasteiger partial charge in [-0.2, -0.15) is 0 Å². The van der Waals surface area contributed by atoms with Gasteiger partial charge in [-0.15, -0.1) is 5.10 Å². The fourth-order valence-electron chi connectivity index (χ4n) is 1.60. The first-order valence-corrected chi connectivity index (χ1v) is 5.56. The Morgan fingerprint density at radius 1 is 1.44 bits per heavy atom. The number of anilines is 1. The van der Waals surface area contributed by atoms with E-state index in [1.807, 2.05) is 24.3 Å². The topological polar surface area (TPSA) is 56.7 Å². The highest BCUT2D eigenvalue weighted by Gasteiger charge is 2.10. The fourth-order valence-corrected chi connectivity index (χ4v) is 1.78. The third-order valence-electron chi connectivity index (χ3n) is 2.33. The summed E-state index contributed by atoms with van der Waals surface area (Å²) in [5, 5.41) is 8.59. The van der Waals surface area contributed by atoms with Crippen molar-refractivity contribution in [1.82, 2.24) is 15.0 Å². The summed E-state index contributed by atoms with van der Waals surface area (Å²) in [5.41, 5.74) is 7.60. The van der Waals surface area contributed by atoms with E-state index in [1.54, 1.807) is 4.68 Å². The Labute approximate surface area is 99.0 Å². The van der Waals surface area contributed by atoms with Crippen LogP contribution >= 0.6 is 11.6 Å². The number of rotatable bonds is 3. The summed E-state index contributed by atoms with van der Waals surface area (Å²) >= 11 is 5.94. The van der Waals surface area contributed by atoms with Crippen molar-refractivity contribution >= 4 is 17.4 Å². The van der Waals surface area contributed by atoms with E-state index in [1.165, 1.54) is 0 Å². The van der Waals surface area contributed by atoms with E-state index in [0.717, 1.165) is 24.2 Å². The van der Waals surface area contributed by atoms with E-state index in [9.17, 15) is 0 Å². The highest BCUT2D eigenvalue weighted by atomic mass is 35.5. The molecule has 5 heteroatoms. The molecular weight excluding hydrogens is 224 g/mol. The Hall–Kier alpha value is -1.55. The van der Waals surface area contributed by atoms with Gasteiger partial charge in [0.2, 0.25) is 0 Å². The lowest BCUT2D eigenvalue weighted by atomic mass is 10.2. The number of halogens is 1. The van der Waals surface area contributed by atoms with Crippen LogP contribution in [0.1, 0.15) is 19.0 Å². The zero-order valence-corrected chi connectivity index (χ0v) is 9.78. The summed E-state index contributed by atoms with van der Waals surface area (Å²) in [5.74, 6) is 0.488. The molecule has 1 aromatic heterocycles. The van der Waals surface area contributed by atoms with E-state index >= 15 is 0 Å². The van der Waals surface area contributed by atoms with Crippen molar-refractivity contribution in [2.45, 2.75) is 19.8 Å². The summed E-state index contributed by atoms with van der Waals surface area (Å²) in [7, 11) is 0. The molecule has 1 aromatic carbocycles. The van der Waals surface area contributed by atoms with Crippen molar-refractivity contribution in [2.75, 3.05) is 5.73 Å². The lowest BCUT2D eigenvalue weighted by Crippen LogP contribution is -2.03. The molecule has 2 aromatic rings. The van der Waals surface area contributed by atoms with Crippen LogP contribution in [0.25, 0.3) is 5.69 Å². The number of hydrogen-bond donors (Lipinski definition) is 1. The van der Waals surface area contributed by atoms with Gasteiger partial charge in [0, 0.05) is 5.02 Å². The number of nitrogens with two attached hydrogens (primary N) is 1. The zero-order valence-electron chi connectivity index (χ0n) is 9.02. The molecule has 0 saturated carbocycles. The normalized spacial score (nSPS) is 10.6. The van der Waals surface area contributed by atoms with Crippen molar-refractivity contribution in [1.29, 1.82) is 0 Å². The molecular formula is C11H13ClN4. The number of hydrogen-bond acceptors (Lipinski definition) is 3. The van der Waals surface area contributed by atoms with Crippen LogP contribution in [-0.2, 0) is 6.42 Å². The van der Waals surface area contributed by atoms with Gasteiger partial charge in [-0.3, -0.25) is 0 Å².